The molecule has 1 atom stereocenters. The van der Waals surface area contributed by atoms with Gasteiger partial charge in [0.15, 0.2) is 11.4 Å². The molecule has 5 aromatic rings. The molecule has 0 amide bonds. The predicted molar refractivity (Wildman–Crippen MR) is 158 cm³/mol. The van der Waals surface area contributed by atoms with Crippen molar-refractivity contribution in [2.24, 2.45) is 0 Å². The van der Waals surface area contributed by atoms with E-state index in [-0.39, 0.29) is 16.9 Å². The van der Waals surface area contributed by atoms with Crippen LogP contribution in [0.4, 0.5) is 18.9 Å². The van der Waals surface area contributed by atoms with Crippen LogP contribution in [0.25, 0.3) is 16.8 Å². The van der Waals surface area contributed by atoms with Gasteiger partial charge in [-0.2, -0.15) is 0 Å². The molecular formula is C36H26F3NO2. The lowest BCUT2D eigenvalue weighted by molar-refractivity contribution is 0.103. The third kappa shape index (κ3) is 4.35. The van der Waals surface area contributed by atoms with Crippen molar-refractivity contribution in [1.82, 2.24) is 0 Å². The fourth-order valence-electron chi connectivity index (χ4n) is 6.09. The van der Waals surface area contributed by atoms with Gasteiger partial charge < -0.3 is 9.64 Å². The van der Waals surface area contributed by atoms with Crippen LogP contribution >= 0.6 is 0 Å². The molecule has 1 fully saturated rings. The van der Waals surface area contributed by atoms with E-state index in [2.05, 4.69) is 17.0 Å². The van der Waals surface area contributed by atoms with Crippen LogP contribution in [0.3, 0.4) is 0 Å². The zero-order valence-corrected chi connectivity index (χ0v) is 22.6. The van der Waals surface area contributed by atoms with Crippen molar-refractivity contribution in [2.75, 3.05) is 18.0 Å². The molecule has 0 aliphatic carbocycles. The lowest BCUT2D eigenvalue weighted by Crippen LogP contribution is -2.35. The monoisotopic (exact) mass is 561 g/mol. The first kappa shape index (κ1) is 26.1. The summed E-state index contributed by atoms with van der Waals surface area (Å²) in [6.45, 7) is 2.06. The first-order valence-electron chi connectivity index (χ1n) is 14.0. The molecule has 3 nitrogen and oxygen atoms in total. The Morgan fingerprint density at radius 1 is 0.786 bits per heavy atom. The average Bonchev–Trinajstić information content (AvgIpc) is 3.56. The minimum Gasteiger partial charge on any atom is -0.473 e. The number of anilines is 1. The molecule has 0 aromatic heterocycles. The summed E-state index contributed by atoms with van der Waals surface area (Å²) in [7, 11) is 0. The van der Waals surface area contributed by atoms with Gasteiger partial charge in [-0.05, 0) is 78.2 Å². The maximum atomic E-state index is 15.4. The molecule has 208 valence electrons. The van der Waals surface area contributed by atoms with Gasteiger partial charge in [-0.15, -0.1) is 0 Å². The summed E-state index contributed by atoms with van der Waals surface area (Å²) in [5, 5.41) is 1.58. The Balaban J connectivity index is 1.29. The summed E-state index contributed by atoms with van der Waals surface area (Å²) in [4.78, 5) is 15.4. The fraction of sp³-hybridized carbons (Fsp3) is 0.139. The SMILES string of the molecule is O=C(c1ccc2c3c(ccc2c1)OC(c1ccc(N2CCCC2)cc1)(c1ccccc1F)C=C3)c1ccc(F)cc1F. The number of ketones is 1. The fourth-order valence-corrected chi connectivity index (χ4v) is 6.09. The van der Waals surface area contributed by atoms with Crippen LogP contribution in [-0.4, -0.2) is 18.9 Å². The molecule has 7 rings (SSSR count). The molecule has 6 heteroatoms. The average molecular weight is 562 g/mol. The number of benzene rings is 5. The van der Waals surface area contributed by atoms with Crippen LogP contribution in [-0.2, 0) is 5.60 Å². The largest absolute Gasteiger partial charge is 0.473 e. The third-order valence-corrected chi connectivity index (χ3v) is 8.26. The summed E-state index contributed by atoms with van der Waals surface area (Å²) in [6.07, 6.45) is 6.17. The van der Waals surface area contributed by atoms with Crippen molar-refractivity contribution in [3.8, 4) is 5.75 Å². The maximum absolute atomic E-state index is 15.4. The highest BCUT2D eigenvalue weighted by Gasteiger charge is 2.39. The summed E-state index contributed by atoms with van der Waals surface area (Å²) >= 11 is 0. The van der Waals surface area contributed by atoms with Gasteiger partial charge in [-0.1, -0.05) is 48.5 Å². The zero-order valence-electron chi connectivity index (χ0n) is 22.6. The van der Waals surface area contributed by atoms with E-state index in [4.69, 9.17) is 4.74 Å². The van der Waals surface area contributed by atoms with Gasteiger partial charge in [-0.3, -0.25) is 4.79 Å². The first-order chi connectivity index (χ1) is 20.4. The number of ether oxygens (including phenoxy) is 1. The molecule has 1 unspecified atom stereocenters. The molecule has 2 aliphatic heterocycles. The van der Waals surface area contributed by atoms with Crippen LogP contribution in [0.2, 0.25) is 0 Å². The Kier molecular flexibility index (Phi) is 6.34. The Bertz CT molecular complexity index is 1880. The van der Waals surface area contributed by atoms with E-state index in [1.165, 1.54) is 18.9 Å². The molecule has 2 aliphatic rings. The van der Waals surface area contributed by atoms with Crippen LogP contribution in [0.15, 0.2) is 103 Å². The lowest BCUT2D eigenvalue weighted by Gasteiger charge is -2.36. The molecule has 0 N–H and O–H groups in total. The van der Waals surface area contributed by atoms with Crippen LogP contribution in [0.1, 0.15) is 45.5 Å². The molecule has 0 bridgehead atoms. The molecule has 0 radical (unpaired) electrons. The van der Waals surface area contributed by atoms with E-state index in [9.17, 15) is 13.6 Å². The summed E-state index contributed by atoms with van der Waals surface area (Å²) in [5.41, 5.74) is 2.04. The number of hydrogen-bond acceptors (Lipinski definition) is 3. The van der Waals surface area contributed by atoms with Crippen molar-refractivity contribution in [3.05, 3.63) is 148 Å². The van der Waals surface area contributed by atoms with E-state index >= 15 is 4.39 Å². The number of fused-ring (bicyclic) bond motifs is 3. The molecule has 0 spiro atoms. The van der Waals surface area contributed by atoms with Gasteiger partial charge in [0.05, 0.1) is 5.56 Å². The summed E-state index contributed by atoms with van der Waals surface area (Å²) < 4.78 is 49.8. The van der Waals surface area contributed by atoms with Gasteiger partial charge in [-0.25, -0.2) is 13.2 Å². The number of hydrogen-bond donors (Lipinski definition) is 0. The van der Waals surface area contributed by atoms with Crippen LogP contribution in [0.5, 0.6) is 5.75 Å². The third-order valence-electron chi connectivity index (χ3n) is 8.26. The number of rotatable bonds is 5. The number of halogens is 3. The van der Waals surface area contributed by atoms with E-state index in [0.29, 0.717) is 17.4 Å². The normalized spacial score (nSPS) is 17.7. The highest BCUT2D eigenvalue weighted by atomic mass is 19.1. The second-order valence-electron chi connectivity index (χ2n) is 10.8. The second kappa shape index (κ2) is 10.2. The smallest absolute Gasteiger partial charge is 0.195 e. The molecule has 2 heterocycles. The molecule has 42 heavy (non-hydrogen) atoms. The van der Waals surface area contributed by atoms with Gasteiger partial charge >= 0.3 is 0 Å². The van der Waals surface area contributed by atoms with Gasteiger partial charge in [0.1, 0.15) is 23.2 Å². The van der Waals surface area contributed by atoms with E-state index in [0.717, 1.165) is 52.8 Å². The van der Waals surface area contributed by atoms with Crippen molar-refractivity contribution < 1.29 is 22.7 Å². The highest BCUT2D eigenvalue weighted by molar-refractivity contribution is 6.11. The van der Waals surface area contributed by atoms with E-state index in [1.807, 2.05) is 36.4 Å². The molecular weight excluding hydrogens is 535 g/mol. The highest BCUT2D eigenvalue weighted by Crippen LogP contribution is 2.45. The minimum absolute atomic E-state index is 0.192. The van der Waals surface area contributed by atoms with Crippen molar-refractivity contribution >= 4 is 28.3 Å². The Morgan fingerprint density at radius 2 is 1.57 bits per heavy atom. The molecule has 0 saturated carbocycles. The lowest BCUT2D eigenvalue weighted by atomic mass is 9.82. The topological polar surface area (TPSA) is 29.5 Å². The van der Waals surface area contributed by atoms with Crippen molar-refractivity contribution in [2.45, 2.75) is 18.4 Å². The predicted octanol–water partition coefficient (Wildman–Crippen LogP) is 8.44. The number of carbonyl (C=O) groups excluding carboxylic acids is 1. The van der Waals surface area contributed by atoms with Crippen molar-refractivity contribution in [3.63, 3.8) is 0 Å². The standard InChI is InChI=1S/C36H26F3NO2/c37-26-11-15-30(33(39)22-26)35(41)24-7-14-28-23(21-24)8-16-34-29(28)17-18-36(42-34,31-5-1-2-6-32(31)38)25-9-12-27(13-10-25)40-19-3-4-20-40/h1-2,5-18,21-22H,3-4,19-20H2. The second-order valence-corrected chi connectivity index (χ2v) is 10.8. The Morgan fingerprint density at radius 3 is 2.33 bits per heavy atom. The number of carbonyl (C=O) groups is 1. The number of nitrogens with zero attached hydrogens (tertiary/aromatic N) is 1. The Hall–Kier alpha value is -4.84. The van der Waals surface area contributed by atoms with E-state index < -0.39 is 23.0 Å². The zero-order chi connectivity index (χ0) is 28.8. The van der Waals surface area contributed by atoms with Gasteiger partial charge in [0, 0.05) is 47.1 Å². The summed E-state index contributed by atoms with van der Waals surface area (Å²) in [5.74, 6) is -1.98. The van der Waals surface area contributed by atoms with Gasteiger partial charge in [0.2, 0.25) is 0 Å². The maximum Gasteiger partial charge on any atom is 0.195 e. The van der Waals surface area contributed by atoms with Gasteiger partial charge in [0.25, 0.3) is 0 Å². The minimum atomic E-state index is -1.19. The Labute approximate surface area is 241 Å². The van der Waals surface area contributed by atoms with Crippen molar-refractivity contribution in [1.29, 1.82) is 0 Å². The van der Waals surface area contributed by atoms with E-state index in [1.54, 1.807) is 36.4 Å². The first-order valence-corrected chi connectivity index (χ1v) is 14.0. The quantitative estimate of drug-likeness (QED) is 0.202. The van der Waals surface area contributed by atoms with Crippen LogP contribution < -0.4 is 9.64 Å². The van der Waals surface area contributed by atoms with Crippen LogP contribution in [0, 0.1) is 17.5 Å². The molecule has 5 aromatic carbocycles. The molecule has 1 saturated heterocycles. The summed E-state index contributed by atoms with van der Waals surface area (Å²) in [6, 6.07) is 26.4.